The highest BCUT2D eigenvalue weighted by Crippen LogP contribution is 2.12. The van der Waals surface area contributed by atoms with E-state index in [4.69, 9.17) is 17.0 Å². The highest BCUT2D eigenvalue weighted by atomic mass is 32.1. The molecule has 1 N–H and O–H groups in total. The lowest BCUT2D eigenvalue weighted by atomic mass is 10.2. The number of ether oxygens (including phenoxy) is 1. The van der Waals surface area contributed by atoms with Gasteiger partial charge in [0.1, 0.15) is 5.60 Å². The molecule has 140 valence electrons. The van der Waals surface area contributed by atoms with Crippen molar-refractivity contribution in [2.45, 2.75) is 26.4 Å². The van der Waals surface area contributed by atoms with Gasteiger partial charge in [-0.05, 0) is 44.6 Å². The first-order valence-corrected chi connectivity index (χ1v) is 8.96. The molecule has 0 aliphatic carbocycles. The van der Waals surface area contributed by atoms with E-state index < -0.39 is 5.60 Å². The van der Waals surface area contributed by atoms with Gasteiger partial charge in [0.2, 0.25) is 5.91 Å². The normalized spacial score (nSPS) is 15.0. The number of benzene rings is 1. The molecule has 1 saturated heterocycles. The maximum Gasteiger partial charge on any atom is 0.410 e. The zero-order valence-corrected chi connectivity index (χ0v) is 16.2. The summed E-state index contributed by atoms with van der Waals surface area (Å²) >= 11 is 5.30. The fraction of sp³-hybridized carbons (Fsp3) is 0.421. The van der Waals surface area contributed by atoms with Gasteiger partial charge in [-0.2, -0.15) is 0 Å². The molecule has 26 heavy (non-hydrogen) atoms. The second-order valence-corrected chi connectivity index (χ2v) is 7.38. The Morgan fingerprint density at radius 2 is 1.65 bits per heavy atom. The van der Waals surface area contributed by atoms with E-state index >= 15 is 0 Å². The number of rotatable bonds is 2. The minimum atomic E-state index is -0.511. The quantitative estimate of drug-likeness (QED) is 0.636. The van der Waals surface area contributed by atoms with Crippen molar-refractivity contribution in [3.63, 3.8) is 0 Å². The van der Waals surface area contributed by atoms with E-state index in [1.165, 1.54) is 6.08 Å². The molecule has 0 spiro atoms. The van der Waals surface area contributed by atoms with Gasteiger partial charge in [0.05, 0.1) is 0 Å². The Balaban J connectivity index is 1.78. The molecule has 1 aromatic rings. The Morgan fingerprint density at radius 3 is 2.23 bits per heavy atom. The molecule has 7 heteroatoms. The number of carbonyl (C=O) groups excluding carboxylic acids is 2. The van der Waals surface area contributed by atoms with Gasteiger partial charge in [0.25, 0.3) is 0 Å². The summed E-state index contributed by atoms with van der Waals surface area (Å²) in [5.74, 6) is -0.270. The zero-order chi connectivity index (χ0) is 19.2. The van der Waals surface area contributed by atoms with Gasteiger partial charge < -0.3 is 14.5 Å². The first-order chi connectivity index (χ1) is 12.2. The topological polar surface area (TPSA) is 61.9 Å². The number of amides is 2. The van der Waals surface area contributed by atoms with Gasteiger partial charge in [-0.15, -0.1) is 0 Å². The van der Waals surface area contributed by atoms with Gasteiger partial charge in [-0.3, -0.25) is 10.1 Å². The fourth-order valence-electron chi connectivity index (χ4n) is 2.38. The molecule has 0 aromatic heterocycles. The van der Waals surface area contributed by atoms with E-state index in [9.17, 15) is 9.59 Å². The molecule has 0 unspecified atom stereocenters. The zero-order valence-electron chi connectivity index (χ0n) is 15.4. The van der Waals surface area contributed by atoms with Crippen molar-refractivity contribution in [3.05, 3.63) is 42.0 Å². The van der Waals surface area contributed by atoms with Crippen molar-refractivity contribution < 1.29 is 14.3 Å². The van der Waals surface area contributed by atoms with E-state index in [1.807, 2.05) is 56.0 Å². The van der Waals surface area contributed by atoms with Crippen LogP contribution in [0.1, 0.15) is 26.3 Å². The number of piperazine rings is 1. The van der Waals surface area contributed by atoms with Crippen LogP contribution in [0.3, 0.4) is 0 Å². The summed E-state index contributed by atoms with van der Waals surface area (Å²) in [6.07, 6.45) is 2.87. The van der Waals surface area contributed by atoms with Crippen molar-refractivity contribution in [1.82, 2.24) is 15.1 Å². The number of carbonyl (C=O) groups is 2. The van der Waals surface area contributed by atoms with Crippen LogP contribution in [0.5, 0.6) is 0 Å². The predicted molar refractivity (Wildman–Crippen MR) is 106 cm³/mol. The van der Waals surface area contributed by atoms with Gasteiger partial charge in [-0.25, -0.2) is 4.79 Å². The van der Waals surface area contributed by atoms with E-state index in [0.717, 1.165) is 5.56 Å². The highest BCUT2D eigenvalue weighted by molar-refractivity contribution is 7.80. The van der Waals surface area contributed by atoms with Crippen LogP contribution in [0.4, 0.5) is 4.79 Å². The minimum Gasteiger partial charge on any atom is -0.444 e. The summed E-state index contributed by atoms with van der Waals surface area (Å²) in [4.78, 5) is 27.6. The Bertz CT molecular complexity index is 675. The van der Waals surface area contributed by atoms with Crippen LogP contribution in [0.15, 0.2) is 36.4 Å². The Kier molecular flexibility index (Phi) is 6.74. The summed E-state index contributed by atoms with van der Waals surface area (Å²) in [6.45, 7) is 7.65. The van der Waals surface area contributed by atoms with Crippen LogP contribution in [-0.2, 0) is 9.53 Å². The smallest absolute Gasteiger partial charge is 0.410 e. The van der Waals surface area contributed by atoms with Crippen LogP contribution in [0.25, 0.3) is 6.08 Å². The molecule has 1 aliphatic rings. The molecule has 0 radical (unpaired) electrons. The van der Waals surface area contributed by atoms with Crippen molar-refractivity contribution in [2.75, 3.05) is 26.2 Å². The third-order valence-electron chi connectivity index (χ3n) is 3.68. The van der Waals surface area contributed by atoms with Crippen molar-refractivity contribution in [3.8, 4) is 0 Å². The molecule has 0 bridgehead atoms. The van der Waals surface area contributed by atoms with Crippen LogP contribution >= 0.6 is 12.2 Å². The van der Waals surface area contributed by atoms with Gasteiger partial charge in [-0.1, -0.05) is 30.3 Å². The van der Waals surface area contributed by atoms with Gasteiger partial charge in [0, 0.05) is 32.3 Å². The lowest BCUT2D eigenvalue weighted by Crippen LogP contribution is -2.54. The lowest BCUT2D eigenvalue weighted by molar-refractivity contribution is -0.115. The molecule has 1 aliphatic heterocycles. The van der Waals surface area contributed by atoms with Crippen molar-refractivity contribution in [1.29, 1.82) is 0 Å². The molecule has 1 fully saturated rings. The standard InChI is InChI=1S/C19H25N3O3S/c1-19(2,3)25-18(24)22-13-11-21(12-14-22)17(26)20-16(23)10-9-15-7-5-4-6-8-15/h4-10H,11-14H2,1-3H3,(H,20,23,26)/b10-9+. The first kappa shape index (κ1) is 19.9. The summed E-state index contributed by atoms with van der Waals surface area (Å²) in [5.41, 5.74) is 0.433. The molecule has 1 aromatic carbocycles. The average Bonchev–Trinajstić information content (AvgIpc) is 2.59. The lowest BCUT2D eigenvalue weighted by Gasteiger charge is -2.36. The molecule has 2 amide bonds. The number of hydrogen-bond donors (Lipinski definition) is 1. The van der Waals surface area contributed by atoms with E-state index in [0.29, 0.717) is 31.3 Å². The SMILES string of the molecule is CC(C)(C)OC(=O)N1CCN(C(=S)NC(=O)/C=C/c2ccccc2)CC1. The van der Waals surface area contributed by atoms with Gasteiger partial charge in [0.15, 0.2) is 5.11 Å². The maximum atomic E-state index is 12.1. The molecule has 6 nitrogen and oxygen atoms in total. The average molecular weight is 375 g/mol. The summed E-state index contributed by atoms with van der Waals surface area (Å²) < 4.78 is 5.37. The second-order valence-electron chi connectivity index (χ2n) is 6.99. The highest BCUT2D eigenvalue weighted by Gasteiger charge is 2.26. The molecule has 1 heterocycles. The predicted octanol–water partition coefficient (Wildman–Crippen LogP) is 2.65. The third kappa shape index (κ3) is 6.48. The molecule has 0 atom stereocenters. The van der Waals surface area contributed by atoms with Crippen LogP contribution in [0.2, 0.25) is 0 Å². The number of thiocarbonyl (C=S) groups is 1. The Morgan fingerprint density at radius 1 is 1.08 bits per heavy atom. The second kappa shape index (κ2) is 8.80. The van der Waals surface area contributed by atoms with Crippen LogP contribution in [-0.4, -0.2) is 58.7 Å². The van der Waals surface area contributed by atoms with Crippen molar-refractivity contribution >= 4 is 35.4 Å². The molecule has 0 saturated carbocycles. The summed E-state index contributed by atoms with van der Waals surface area (Å²) in [6, 6.07) is 9.57. The van der Waals surface area contributed by atoms with E-state index in [2.05, 4.69) is 5.32 Å². The number of nitrogens with one attached hydrogen (secondary N) is 1. The summed E-state index contributed by atoms with van der Waals surface area (Å²) in [5, 5.41) is 3.07. The minimum absolute atomic E-state index is 0.270. The third-order valence-corrected chi connectivity index (χ3v) is 4.04. The maximum absolute atomic E-state index is 12.1. The summed E-state index contributed by atoms with van der Waals surface area (Å²) in [7, 11) is 0. The van der Waals surface area contributed by atoms with Gasteiger partial charge >= 0.3 is 6.09 Å². The van der Waals surface area contributed by atoms with Crippen LogP contribution in [0, 0.1) is 0 Å². The van der Waals surface area contributed by atoms with Crippen LogP contribution < -0.4 is 5.32 Å². The Hall–Kier alpha value is -2.41. The van der Waals surface area contributed by atoms with E-state index in [-0.39, 0.29) is 12.0 Å². The number of hydrogen-bond acceptors (Lipinski definition) is 4. The Labute approximate surface area is 159 Å². The fourth-order valence-corrected chi connectivity index (χ4v) is 2.66. The molecular formula is C19H25N3O3S. The van der Waals surface area contributed by atoms with Crippen molar-refractivity contribution in [2.24, 2.45) is 0 Å². The monoisotopic (exact) mass is 375 g/mol. The molecular weight excluding hydrogens is 350 g/mol. The largest absolute Gasteiger partial charge is 0.444 e. The van der Waals surface area contributed by atoms with E-state index in [1.54, 1.807) is 11.0 Å². The number of nitrogens with zero attached hydrogens (tertiary/aromatic N) is 2. The molecule has 2 rings (SSSR count). The first-order valence-electron chi connectivity index (χ1n) is 8.55.